The predicted octanol–water partition coefficient (Wildman–Crippen LogP) is 5.91. The number of alkyl halides is 3. The van der Waals surface area contributed by atoms with Crippen molar-refractivity contribution in [2.45, 2.75) is 59.1 Å². The van der Waals surface area contributed by atoms with E-state index in [1.54, 1.807) is 0 Å². The van der Waals surface area contributed by atoms with Crippen molar-refractivity contribution in [1.29, 1.82) is 0 Å². The Labute approximate surface area is 210 Å². The first-order valence-electron chi connectivity index (χ1n) is 12.2. The first-order chi connectivity index (χ1) is 16.9. The third kappa shape index (κ3) is 6.29. The number of benzene rings is 2. The van der Waals surface area contributed by atoms with Crippen molar-refractivity contribution in [3.8, 4) is 0 Å². The minimum atomic E-state index is -4.41. The number of nitrogens with zero attached hydrogens (tertiary/aromatic N) is 1. The maximum atomic E-state index is 13.2. The summed E-state index contributed by atoms with van der Waals surface area (Å²) in [5.74, 6) is 6.02. The lowest BCUT2D eigenvalue weighted by Gasteiger charge is -2.27. The average Bonchev–Trinajstić information content (AvgIpc) is 2.82. The number of Topliss-reactive ketones (excluding diaryl/α,β-unsaturated/α-hetero) is 1. The zero-order chi connectivity index (χ0) is 26.6. The van der Waals surface area contributed by atoms with Crippen LogP contribution in [0.4, 0.5) is 13.2 Å². The van der Waals surface area contributed by atoms with Crippen LogP contribution >= 0.6 is 0 Å². The van der Waals surface area contributed by atoms with Crippen LogP contribution in [0, 0.1) is 12.8 Å². The van der Waals surface area contributed by atoms with Gasteiger partial charge in [0.1, 0.15) is 5.76 Å². The zero-order valence-corrected chi connectivity index (χ0v) is 21.0. The quantitative estimate of drug-likeness (QED) is 0.309. The minimum Gasteiger partial charge on any atom is -0.512 e. The maximum Gasteiger partial charge on any atom is 0.416 e. The molecular weight excluding hydrogens is 467 g/mol. The number of hydrogen-bond donors (Lipinski definition) is 3. The summed E-state index contributed by atoms with van der Waals surface area (Å²) in [6.45, 7) is 6.50. The topological polar surface area (TPSA) is 92.6 Å². The van der Waals surface area contributed by atoms with Crippen molar-refractivity contribution in [2.24, 2.45) is 17.5 Å². The van der Waals surface area contributed by atoms with E-state index in [4.69, 9.17) is 11.6 Å². The molecule has 8 heteroatoms. The molecule has 36 heavy (non-hydrogen) atoms. The molecule has 3 rings (SSSR count). The van der Waals surface area contributed by atoms with Crippen LogP contribution < -0.4 is 11.6 Å². The summed E-state index contributed by atoms with van der Waals surface area (Å²) in [6.07, 6.45) is -0.172. The Morgan fingerprint density at radius 3 is 2.19 bits per heavy atom. The summed E-state index contributed by atoms with van der Waals surface area (Å²) < 4.78 is 38.3. The number of hydrazine groups is 1. The summed E-state index contributed by atoms with van der Waals surface area (Å²) >= 11 is 0. The smallest absolute Gasteiger partial charge is 0.416 e. The van der Waals surface area contributed by atoms with Crippen LogP contribution in [-0.2, 0) is 23.8 Å². The lowest BCUT2D eigenvalue weighted by molar-refractivity contribution is -0.137. The second-order valence-electron chi connectivity index (χ2n) is 9.37. The van der Waals surface area contributed by atoms with Gasteiger partial charge in [-0.2, -0.15) is 13.2 Å². The zero-order valence-electron chi connectivity index (χ0n) is 21.0. The van der Waals surface area contributed by atoms with Gasteiger partial charge in [0.25, 0.3) is 0 Å². The molecule has 0 amide bonds. The molecule has 0 heterocycles. The number of aryl methyl sites for hydroxylation is 3. The highest BCUT2D eigenvalue weighted by atomic mass is 19.4. The van der Waals surface area contributed by atoms with E-state index in [9.17, 15) is 23.1 Å². The molecule has 0 aromatic heterocycles. The van der Waals surface area contributed by atoms with Gasteiger partial charge >= 0.3 is 6.18 Å². The van der Waals surface area contributed by atoms with E-state index in [0.717, 1.165) is 47.2 Å². The number of ketones is 1. The van der Waals surface area contributed by atoms with E-state index < -0.39 is 11.7 Å². The highest BCUT2D eigenvalue weighted by Gasteiger charge is 2.31. The molecule has 0 radical (unpaired) electrons. The molecule has 194 valence electrons. The van der Waals surface area contributed by atoms with Gasteiger partial charge in [-0.05, 0) is 66.5 Å². The second kappa shape index (κ2) is 11.2. The highest BCUT2D eigenvalue weighted by molar-refractivity contribution is 6.22. The summed E-state index contributed by atoms with van der Waals surface area (Å²) in [6, 6.07) is 8.69. The van der Waals surface area contributed by atoms with E-state index in [0.29, 0.717) is 36.9 Å². The Bertz CT molecular complexity index is 1140. The number of rotatable bonds is 8. The Hall–Kier alpha value is -3.26. The molecule has 0 spiro atoms. The van der Waals surface area contributed by atoms with Gasteiger partial charge in [0.05, 0.1) is 16.8 Å². The van der Waals surface area contributed by atoms with E-state index in [1.165, 1.54) is 23.3 Å². The van der Waals surface area contributed by atoms with Gasteiger partial charge in [0.15, 0.2) is 5.78 Å². The first-order valence-corrected chi connectivity index (χ1v) is 12.2. The molecule has 5 nitrogen and oxygen atoms in total. The molecule has 1 aliphatic rings. The number of aliphatic hydroxyl groups is 1. The fourth-order valence-electron chi connectivity index (χ4n) is 4.78. The summed E-state index contributed by atoms with van der Waals surface area (Å²) in [5.41, 5.74) is 10.5. The number of halogens is 3. The predicted molar refractivity (Wildman–Crippen MR) is 136 cm³/mol. The van der Waals surface area contributed by atoms with Gasteiger partial charge in [-0.1, -0.05) is 43.7 Å². The largest absolute Gasteiger partial charge is 0.512 e. The third-order valence-electron chi connectivity index (χ3n) is 6.63. The van der Waals surface area contributed by atoms with Gasteiger partial charge < -0.3 is 15.8 Å². The van der Waals surface area contributed by atoms with Gasteiger partial charge in [-0.3, -0.25) is 4.79 Å². The van der Waals surface area contributed by atoms with Crippen molar-refractivity contribution >= 4 is 17.1 Å². The summed E-state index contributed by atoms with van der Waals surface area (Å²) in [4.78, 5) is 13.2. The fraction of sp³-hybridized carbons (Fsp3) is 0.393. The number of allylic oxidation sites excluding steroid dienone is 2. The number of aliphatic hydroxyl groups excluding tert-OH is 1. The Morgan fingerprint density at radius 1 is 1.11 bits per heavy atom. The Kier molecular flexibility index (Phi) is 8.51. The molecule has 0 aliphatic heterocycles. The van der Waals surface area contributed by atoms with Crippen LogP contribution in [0.15, 0.2) is 48.4 Å². The van der Waals surface area contributed by atoms with Crippen molar-refractivity contribution in [3.63, 3.8) is 0 Å². The van der Waals surface area contributed by atoms with Crippen molar-refractivity contribution in [2.75, 3.05) is 6.54 Å². The maximum absolute atomic E-state index is 13.2. The molecule has 5 N–H and O–H groups in total. The molecule has 2 aromatic carbocycles. The van der Waals surface area contributed by atoms with Gasteiger partial charge in [0.2, 0.25) is 0 Å². The molecule has 0 saturated carbocycles. The van der Waals surface area contributed by atoms with Crippen molar-refractivity contribution in [3.05, 3.63) is 81.7 Å². The van der Waals surface area contributed by atoms with E-state index in [-0.39, 0.29) is 23.2 Å². The normalized spacial score (nSPS) is 17.0. The van der Waals surface area contributed by atoms with Gasteiger partial charge in [0, 0.05) is 25.6 Å². The average molecular weight is 502 g/mol. The molecule has 0 bridgehead atoms. The molecular formula is C28H34F3N3O2. The molecule has 1 aliphatic carbocycles. The molecule has 1 unspecified atom stereocenters. The van der Waals surface area contributed by atoms with E-state index in [2.05, 4.69) is 12.1 Å². The molecule has 1 atom stereocenters. The fourth-order valence-corrected chi connectivity index (χ4v) is 4.78. The molecule has 0 fully saturated rings. The van der Waals surface area contributed by atoms with Crippen LogP contribution in [0.5, 0.6) is 0 Å². The lowest BCUT2D eigenvalue weighted by atomic mass is 9.79. The molecule has 2 aromatic rings. The number of carbonyl (C=O) groups excluding carboxylic acids is 1. The number of hydrogen-bond acceptors (Lipinski definition) is 5. The van der Waals surface area contributed by atoms with Crippen LogP contribution in [0.2, 0.25) is 0 Å². The van der Waals surface area contributed by atoms with E-state index in [1.807, 2.05) is 20.8 Å². The van der Waals surface area contributed by atoms with Crippen molar-refractivity contribution < 1.29 is 23.1 Å². The monoisotopic (exact) mass is 501 g/mol. The summed E-state index contributed by atoms with van der Waals surface area (Å²) in [5, 5.41) is 12.3. The second-order valence-corrected chi connectivity index (χ2v) is 9.37. The highest BCUT2D eigenvalue weighted by Crippen LogP contribution is 2.37. The SMILES string of the molecule is CCc1cc(C)cc(CC)c1C1=C(O)CC(CCN(N)/C=C(\N)c2ccc(C(F)(F)F)cc2)CC1=O. The first kappa shape index (κ1) is 27.3. The van der Waals surface area contributed by atoms with E-state index >= 15 is 0 Å². The third-order valence-corrected chi connectivity index (χ3v) is 6.63. The minimum absolute atomic E-state index is 0.0691. The lowest BCUT2D eigenvalue weighted by Crippen LogP contribution is -2.30. The van der Waals surface area contributed by atoms with Crippen LogP contribution in [0.3, 0.4) is 0 Å². The van der Waals surface area contributed by atoms with Gasteiger partial charge in [-0.15, -0.1) is 0 Å². The molecule has 0 saturated heterocycles. The van der Waals surface area contributed by atoms with Crippen LogP contribution in [0.1, 0.15) is 66.5 Å². The Balaban J connectivity index is 1.69. The standard InChI is InChI=1S/C28H34F3N3O2/c1-4-19-12-17(3)13-20(5-2)26(19)27-24(35)14-18(15-25(27)36)10-11-34(33)16-23(32)21-6-8-22(9-7-21)28(29,30)31/h6-9,12-13,16,18,35H,4-5,10-11,14-15,32-33H2,1-3H3/b23-16-. The number of nitrogens with two attached hydrogens (primary N) is 2. The number of carbonyl (C=O) groups is 1. The van der Waals surface area contributed by atoms with Crippen molar-refractivity contribution in [1.82, 2.24) is 5.01 Å². The van der Waals surface area contributed by atoms with Crippen LogP contribution in [0.25, 0.3) is 11.3 Å². The summed E-state index contributed by atoms with van der Waals surface area (Å²) in [7, 11) is 0. The van der Waals surface area contributed by atoms with Crippen LogP contribution in [-0.4, -0.2) is 22.4 Å². The van der Waals surface area contributed by atoms with Gasteiger partial charge in [-0.25, -0.2) is 5.84 Å². The Morgan fingerprint density at radius 2 is 1.69 bits per heavy atom.